The summed E-state index contributed by atoms with van der Waals surface area (Å²) < 4.78 is 16.7. The number of esters is 1. The summed E-state index contributed by atoms with van der Waals surface area (Å²) in [5, 5.41) is 0. The molecule has 0 N–H and O–H groups in total. The number of rotatable bonds is 1. The lowest BCUT2D eigenvalue weighted by Gasteiger charge is -2.36. The summed E-state index contributed by atoms with van der Waals surface area (Å²) in [6.07, 6.45) is 2.79. The van der Waals surface area contributed by atoms with Gasteiger partial charge in [0.25, 0.3) is 0 Å². The molecular formula is C11H14O4. The van der Waals surface area contributed by atoms with Crippen LogP contribution in [0.15, 0.2) is 11.8 Å². The number of fused-ring (bicyclic) bond motifs is 5. The Bertz CT molecular complexity index is 375. The second-order valence-corrected chi connectivity index (χ2v) is 4.96. The predicted molar refractivity (Wildman–Crippen MR) is 51.0 cm³/mol. The van der Waals surface area contributed by atoms with Gasteiger partial charge in [0.05, 0.1) is 0 Å². The van der Waals surface area contributed by atoms with Gasteiger partial charge in [-0.15, -0.1) is 0 Å². The zero-order chi connectivity index (χ0) is 10.8. The highest BCUT2D eigenvalue weighted by Crippen LogP contribution is 2.57. The van der Waals surface area contributed by atoms with E-state index >= 15 is 0 Å². The fourth-order valence-electron chi connectivity index (χ4n) is 2.85. The highest BCUT2D eigenvalue weighted by Gasteiger charge is 2.71. The average Bonchev–Trinajstić information content (AvgIpc) is 2.74. The zero-order valence-electron chi connectivity index (χ0n) is 9.07. The Morgan fingerprint density at radius 2 is 2.27 bits per heavy atom. The SMILES string of the molecule is CC(=O)OC1=C[C@@]2(C)O[C@@](C)(C1)[C@@H]1O[C@@H]12. The maximum Gasteiger partial charge on any atom is 0.307 e. The second kappa shape index (κ2) is 2.44. The first-order valence-electron chi connectivity index (χ1n) is 5.19. The number of hydrogen-bond donors (Lipinski definition) is 0. The van der Waals surface area contributed by atoms with Crippen LogP contribution in [0.2, 0.25) is 0 Å². The molecule has 3 aliphatic heterocycles. The summed E-state index contributed by atoms with van der Waals surface area (Å²) in [6, 6.07) is 0. The molecular weight excluding hydrogens is 196 g/mol. The van der Waals surface area contributed by atoms with Crippen LogP contribution in [0.1, 0.15) is 27.2 Å². The van der Waals surface area contributed by atoms with E-state index in [4.69, 9.17) is 14.2 Å². The Morgan fingerprint density at radius 1 is 1.53 bits per heavy atom. The van der Waals surface area contributed by atoms with Crippen LogP contribution in [0, 0.1) is 0 Å². The Kier molecular flexibility index (Phi) is 1.52. The Hall–Kier alpha value is -0.870. The number of ether oxygens (including phenoxy) is 3. The van der Waals surface area contributed by atoms with Crippen LogP contribution in [-0.2, 0) is 19.0 Å². The summed E-state index contributed by atoms with van der Waals surface area (Å²) in [4.78, 5) is 10.9. The number of carbonyl (C=O) groups excluding carboxylic acids is 1. The molecule has 2 bridgehead atoms. The van der Waals surface area contributed by atoms with Crippen LogP contribution in [-0.4, -0.2) is 29.4 Å². The van der Waals surface area contributed by atoms with Gasteiger partial charge in [-0.1, -0.05) is 0 Å². The monoisotopic (exact) mass is 210 g/mol. The number of carbonyl (C=O) groups is 1. The van der Waals surface area contributed by atoms with Crippen molar-refractivity contribution in [2.75, 3.05) is 0 Å². The van der Waals surface area contributed by atoms with Crippen molar-refractivity contribution in [1.82, 2.24) is 0 Å². The van der Waals surface area contributed by atoms with Crippen LogP contribution in [0.25, 0.3) is 0 Å². The van der Waals surface area contributed by atoms with E-state index in [1.165, 1.54) is 6.92 Å². The maximum absolute atomic E-state index is 10.9. The smallest absolute Gasteiger partial charge is 0.307 e. The van der Waals surface area contributed by atoms with Gasteiger partial charge in [0.2, 0.25) is 0 Å². The summed E-state index contributed by atoms with van der Waals surface area (Å²) in [6.45, 7) is 5.41. The molecule has 0 aromatic rings. The molecule has 3 heterocycles. The van der Waals surface area contributed by atoms with Crippen molar-refractivity contribution in [3.05, 3.63) is 11.8 Å². The van der Waals surface area contributed by atoms with Gasteiger partial charge in [-0.05, 0) is 19.9 Å². The van der Waals surface area contributed by atoms with Crippen molar-refractivity contribution >= 4 is 5.97 Å². The van der Waals surface area contributed by atoms with Crippen LogP contribution < -0.4 is 0 Å². The van der Waals surface area contributed by atoms with Crippen molar-refractivity contribution in [3.63, 3.8) is 0 Å². The van der Waals surface area contributed by atoms with E-state index in [2.05, 4.69) is 0 Å². The standard InChI is InChI=1S/C11H14O4/c1-6(12)13-7-4-10(2)8-9(14-8)11(3,5-7)15-10/h4,8-9H,5H2,1-3H3/t8-,9+,10+,11-/m0/s1. The summed E-state index contributed by atoms with van der Waals surface area (Å²) in [5.41, 5.74) is -0.735. The molecule has 0 aromatic carbocycles. The van der Waals surface area contributed by atoms with Crippen LogP contribution in [0.5, 0.6) is 0 Å². The fourth-order valence-corrected chi connectivity index (χ4v) is 2.85. The van der Waals surface area contributed by atoms with Crippen LogP contribution in [0.4, 0.5) is 0 Å². The van der Waals surface area contributed by atoms with Gasteiger partial charge < -0.3 is 14.2 Å². The molecule has 2 fully saturated rings. The Labute approximate surface area is 88.2 Å². The first kappa shape index (κ1) is 9.36. The fraction of sp³-hybridized carbons (Fsp3) is 0.727. The molecule has 82 valence electrons. The van der Waals surface area contributed by atoms with Gasteiger partial charge >= 0.3 is 5.97 Å². The summed E-state index contributed by atoms with van der Waals surface area (Å²) in [7, 11) is 0. The molecule has 0 saturated carbocycles. The van der Waals surface area contributed by atoms with Gasteiger partial charge in [0.15, 0.2) is 0 Å². The van der Waals surface area contributed by atoms with E-state index in [-0.39, 0.29) is 23.8 Å². The van der Waals surface area contributed by atoms with Gasteiger partial charge in [0.1, 0.15) is 29.2 Å². The average molecular weight is 210 g/mol. The normalized spacial score (nSPS) is 50.7. The van der Waals surface area contributed by atoms with E-state index in [9.17, 15) is 4.79 Å². The highest BCUT2D eigenvalue weighted by atomic mass is 16.7. The van der Waals surface area contributed by atoms with Crippen molar-refractivity contribution in [2.45, 2.75) is 50.6 Å². The third-order valence-corrected chi connectivity index (χ3v) is 3.36. The van der Waals surface area contributed by atoms with Crippen LogP contribution >= 0.6 is 0 Å². The molecule has 0 spiro atoms. The molecule has 0 aliphatic carbocycles. The van der Waals surface area contributed by atoms with E-state index in [1.807, 2.05) is 19.9 Å². The van der Waals surface area contributed by atoms with E-state index in [1.54, 1.807) is 0 Å². The third kappa shape index (κ3) is 1.18. The Morgan fingerprint density at radius 3 is 2.87 bits per heavy atom. The van der Waals surface area contributed by atoms with Crippen molar-refractivity contribution in [1.29, 1.82) is 0 Å². The number of epoxide rings is 1. The molecule has 0 unspecified atom stereocenters. The molecule has 3 rings (SSSR count). The quantitative estimate of drug-likeness (QED) is 0.481. The molecule has 4 atom stereocenters. The van der Waals surface area contributed by atoms with E-state index in [0.717, 1.165) is 5.76 Å². The van der Waals surface area contributed by atoms with Crippen LogP contribution in [0.3, 0.4) is 0 Å². The summed E-state index contributed by atoms with van der Waals surface area (Å²) in [5.74, 6) is 0.443. The van der Waals surface area contributed by atoms with Crippen molar-refractivity contribution in [3.8, 4) is 0 Å². The minimum atomic E-state index is -0.414. The largest absolute Gasteiger partial charge is 0.431 e. The first-order chi connectivity index (χ1) is 6.93. The topological polar surface area (TPSA) is 48.1 Å². The second-order valence-electron chi connectivity index (χ2n) is 4.96. The van der Waals surface area contributed by atoms with E-state index in [0.29, 0.717) is 6.42 Å². The molecule has 4 nitrogen and oxygen atoms in total. The number of hydrogen-bond acceptors (Lipinski definition) is 4. The van der Waals surface area contributed by atoms with Gasteiger partial charge in [-0.3, -0.25) is 4.79 Å². The first-order valence-corrected chi connectivity index (χ1v) is 5.19. The lowest BCUT2D eigenvalue weighted by atomic mass is 9.98. The van der Waals surface area contributed by atoms with Crippen molar-refractivity contribution < 1.29 is 19.0 Å². The van der Waals surface area contributed by atoms with Crippen molar-refractivity contribution in [2.24, 2.45) is 0 Å². The lowest BCUT2D eigenvalue weighted by Crippen LogP contribution is -2.42. The lowest BCUT2D eigenvalue weighted by molar-refractivity contribution is -0.150. The molecule has 0 aromatic heterocycles. The highest BCUT2D eigenvalue weighted by molar-refractivity contribution is 5.67. The van der Waals surface area contributed by atoms with Gasteiger partial charge in [0, 0.05) is 13.3 Å². The zero-order valence-corrected chi connectivity index (χ0v) is 9.07. The third-order valence-electron chi connectivity index (χ3n) is 3.36. The molecule has 4 heteroatoms. The molecule has 0 amide bonds. The van der Waals surface area contributed by atoms with Gasteiger partial charge in [-0.25, -0.2) is 0 Å². The predicted octanol–water partition coefficient (Wildman–Crippen LogP) is 1.15. The Balaban J connectivity index is 1.93. The van der Waals surface area contributed by atoms with E-state index < -0.39 is 5.60 Å². The summed E-state index contributed by atoms with van der Waals surface area (Å²) >= 11 is 0. The minimum absolute atomic E-state index is 0.135. The molecule has 2 saturated heterocycles. The maximum atomic E-state index is 10.9. The molecule has 0 radical (unpaired) electrons. The minimum Gasteiger partial charge on any atom is -0.431 e. The molecule has 3 aliphatic rings. The molecule has 15 heavy (non-hydrogen) atoms. The van der Waals surface area contributed by atoms with Gasteiger partial charge in [-0.2, -0.15) is 0 Å².